The Balaban J connectivity index is 1.86. The van der Waals surface area contributed by atoms with Crippen LogP contribution in [0.2, 0.25) is 0 Å². The number of rotatable bonds is 4. The van der Waals surface area contributed by atoms with Crippen LogP contribution in [0.4, 0.5) is 14.9 Å². The molecule has 1 atom stereocenters. The summed E-state index contributed by atoms with van der Waals surface area (Å²) in [6.07, 6.45) is -0.511. The highest BCUT2D eigenvalue weighted by Gasteiger charge is 2.04. The van der Waals surface area contributed by atoms with Crippen molar-refractivity contribution in [2.45, 2.75) is 19.6 Å². The molecule has 2 aromatic rings. The molecule has 0 saturated heterocycles. The van der Waals surface area contributed by atoms with Gasteiger partial charge in [-0.15, -0.1) is 0 Å². The zero-order chi connectivity index (χ0) is 15.2. The number of aliphatic hydroxyl groups is 1. The molecule has 5 heteroatoms. The fourth-order valence-electron chi connectivity index (χ4n) is 1.84. The molecule has 2 rings (SSSR count). The van der Waals surface area contributed by atoms with Gasteiger partial charge in [0, 0.05) is 12.2 Å². The second kappa shape index (κ2) is 6.85. The summed E-state index contributed by atoms with van der Waals surface area (Å²) in [5, 5.41) is 14.6. The molecule has 0 fully saturated rings. The number of aliphatic hydroxyl groups excluding tert-OH is 1. The minimum absolute atomic E-state index is 0.348. The summed E-state index contributed by atoms with van der Waals surface area (Å²) in [7, 11) is 0. The van der Waals surface area contributed by atoms with Crippen LogP contribution in [0.15, 0.2) is 48.5 Å². The van der Waals surface area contributed by atoms with Crippen LogP contribution in [0.5, 0.6) is 0 Å². The summed E-state index contributed by atoms with van der Waals surface area (Å²) in [6.45, 7) is 2.04. The fourth-order valence-corrected chi connectivity index (χ4v) is 1.84. The number of hydrogen-bond donors (Lipinski definition) is 3. The summed E-state index contributed by atoms with van der Waals surface area (Å²) >= 11 is 0. The average Bonchev–Trinajstić information content (AvgIpc) is 2.45. The predicted octanol–water partition coefficient (Wildman–Crippen LogP) is 3.20. The molecule has 0 radical (unpaired) electrons. The molecule has 0 aliphatic carbocycles. The van der Waals surface area contributed by atoms with E-state index in [1.807, 2.05) is 24.3 Å². The van der Waals surface area contributed by atoms with E-state index < -0.39 is 18.0 Å². The zero-order valence-corrected chi connectivity index (χ0v) is 11.6. The van der Waals surface area contributed by atoms with Crippen LogP contribution in [0.25, 0.3) is 0 Å². The Hall–Kier alpha value is -2.40. The summed E-state index contributed by atoms with van der Waals surface area (Å²) in [5.74, 6) is -0.401. The molecule has 0 bridgehead atoms. The Morgan fingerprint density at radius 2 is 1.95 bits per heavy atom. The van der Waals surface area contributed by atoms with Crippen LogP contribution >= 0.6 is 0 Å². The molecule has 110 valence electrons. The SMILES string of the molecule is C[C@H](O)c1ccc(CNC(=O)Nc2cccc(F)c2)cc1. The third-order valence-corrected chi connectivity index (χ3v) is 3.00. The molecule has 2 amide bonds. The average molecular weight is 288 g/mol. The summed E-state index contributed by atoms with van der Waals surface area (Å²) in [5.41, 5.74) is 2.13. The fraction of sp³-hybridized carbons (Fsp3) is 0.188. The summed E-state index contributed by atoms with van der Waals surface area (Å²) in [4.78, 5) is 11.7. The van der Waals surface area contributed by atoms with Gasteiger partial charge >= 0.3 is 6.03 Å². The first-order valence-electron chi connectivity index (χ1n) is 6.62. The van der Waals surface area contributed by atoms with Gasteiger partial charge < -0.3 is 15.7 Å². The van der Waals surface area contributed by atoms with E-state index in [4.69, 9.17) is 0 Å². The number of halogens is 1. The second-order valence-electron chi connectivity index (χ2n) is 4.74. The lowest BCUT2D eigenvalue weighted by atomic mass is 10.1. The quantitative estimate of drug-likeness (QED) is 0.809. The summed E-state index contributed by atoms with van der Waals surface area (Å²) < 4.78 is 13.0. The number of carbonyl (C=O) groups is 1. The van der Waals surface area contributed by atoms with Gasteiger partial charge in [-0.25, -0.2) is 9.18 Å². The molecule has 0 unspecified atom stereocenters. The van der Waals surface area contributed by atoms with Crippen LogP contribution in [-0.2, 0) is 6.54 Å². The van der Waals surface area contributed by atoms with E-state index in [0.717, 1.165) is 11.1 Å². The molecular formula is C16H17FN2O2. The Kier molecular flexibility index (Phi) is 4.90. The van der Waals surface area contributed by atoms with Crippen molar-refractivity contribution < 1.29 is 14.3 Å². The van der Waals surface area contributed by atoms with Gasteiger partial charge in [0.25, 0.3) is 0 Å². The van der Waals surface area contributed by atoms with Crippen molar-refractivity contribution in [1.29, 1.82) is 0 Å². The largest absolute Gasteiger partial charge is 0.389 e. The number of urea groups is 1. The van der Waals surface area contributed by atoms with Crippen LogP contribution in [0, 0.1) is 5.82 Å². The van der Waals surface area contributed by atoms with Crippen molar-refractivity contribution in [2.24, 2.45) is 0 Å². The smallest absolute Gasteiger partial charge is 0.319 e. The van der Waals surface area contributed by atoms with Gasteiger partial charge in [0.2, 0.25) is 0 Å². The molecular weight excluding hydrogens is 271 g/mol. The van der Waals surface area contributed by atoms with E-state index in [2.05, 4.69) is 10.6 Å². The molecule has 3 N–H and O–H groups in total. The van der Waals surface area contributed by atoms with Gasteiger partial charge in [-0.2, -0.15) is 0 Å². The lowest BCUT2D eigenvalue weighted by Gasteiger charge is -2.09. The molecule has 21 heavy (non-hydrogen) atoms. The zero-order valence-electron chi connectivity index (χ0n) is 11.6. The van der Waals surface area contributed by atoms with Gasteiger partial charge in [0.15, 0.2) is 0 Å². The van der Waals surface area contributed by atoms with E-state index in [-0.39, 0.29) is 0 Å². The molecule has 0 heterocycles. The minimum atomic E-state index is -0.511. The van der Waals surface area contributed by atoms with Crippen molar-refractivity contribution in [3.8, 4) is 0 Å². The first-order chi connectivity index (χ1) is 10.0. The number of amides is 2. The van der Waals surface area contributed by atoms with Gasteiger partial charge in [0.05, 0.1) is 6.10 Å². The standard InChI is InChI=1S/C16H17FN2O2/c1-11(20)13-7-5-12(6-8-13)10-18-16(21)19-15-4-2-3-14(17)9-15/h2-9,11,20H,10H2,1H3,(H2,18,19,21)/t11-/m0/s1. The maximum absolute atomic E-state index is 13.0. The third kappa shape index (κ3) is 4.57. The van der Waals surface area contributed by atoms with Crippen molar-refractivity contribution >= 4 is 11.7 Å². The van der Waals surface area contributed by atoms with Crippen molar-refractivity contribution in [2.75, 3.05) is 5.32 Å². The van der Waals surface area contributed by atoms with Gasteiger partial charge in [-0.05, 0) is 36.2 Å². The number of nitrogens with one attached hydrogen (secondary N) is 2. The minimum Gasteiger partial charge on any atom is -0.389 e. The van der Waals surface area contributed by atoms with Crippen LogP contribution < -0.4 is 10.6 Å². The Bertz CT molecular complexity index is 612. The van der Waals surface area contributed by atoms with E-state index >= 15 is 0 Å². The second-order valence-corrected chi connectivity index (χ2v) is 4.74. The van der Waals surface area contributed by atoms with E-state index in [1.54, 1.807) is 13.0 Å². The molecule has 0 spiro atoms. The first-order valence-corrected chi connectivity index (χ1v) is 6.62. The number of carbonyl (C=O) groups excluding carboxylic acids is 1. The predicted molar refractivity (Wildman–Crippen MR) is 79.3 cm³/mol. The normalized spacial score (nSPS) is 11.8. The Labute approximate surface area is 122 Å². The number of anilines is 1. The topological polar surface area (TPSA) is 61.4 Å². The van der Waals surface area contributed by atoms with Crippen LogP contribution in [-0.4, -0.2) is 11.1 Å². The van der Waals surface area contributed by atoms with Gasteiger partial charge in [-0.3, -0.25) is 0 Å². The van der Waals surface area contributed by atoms with Crippen molar-refractivity contribution in [1.82, 2.24) is 5.32 Å². The molecule has 0 aliphatic heterocycles. The first kappa shape index (κ1) is 15.0. The van der Waals surface area contributed by atoms with E-state index in [9.17, 15) is 14.3 Å². The number of benzene rings is 2. The van der Waals surface area contributed by atoms with Crippen LogP contribution in [0.1, 0.15) is 24.2 Å². The third-order valence-electron chi connectivity index (χ3n) is 3.00. The maximum atomic E-state index is 13.0. The van der Waals surface area contributed by atoms with Crippen molar-refractivity contribution in [3.63, 3.8) is 0 Å². The Morgan fingerprint density at radius 3 is 2.57 bits per heavy atom. The highest BCUT2D eigenvalue weighted by molar-refractivity contribution is 5.89. The highest BCUT2D eigenvalue weighted by atomic mass is 19.1. The van der Waals surface area contributed by atoms with Gasteiger partial charge in [-0.1, -0.05) is 30.3 Å². The molecule has 2 aromatic carbocycles. The molecule has 0 aliphatic rings. The van der Waals surface area contributed by atoms with E-state index in [1.165, 1.54) is 18.2 Å². The Morgan fingerprint density at radius 1 is 1.24 bits per heavy atom. The highest BCUT2D eigenvalue weighted by Crippen LogP contribution is 2.13. The molecule has 0 aromatic heterocycles. The molecule has 0 saturated carbocycles. The number of hydrogen-bond acceptors (Lipinski definition) is 2. The molecule has 4 nitrogen and oxygen atoms in total. The lowest BCUT2D eigenvalue weighted by Crippen LogP contribution is -2.28. The monoisotopic (exact) mass is 288 g/mol. The van der Waals surface area contributed by atoms with Crippen molar-refractivity contribution in [3.05, 3.63) is 65.5 Å². The lowest BCUT2D eigenvalue weighted by molar-refractivity contribution is 0.199. The van der Waals surface area contributed by atoms with E-state index in [0.29, 0.717) is 12.2 Å². The maximum Gasteiger partial charge on any atom is 0.319 e. The van der Waals surface area contributed by atoms with Crippen LogP contribution in [0.3, 0.4) is 0 Å². The van der Waals surface area contributed by atoms with Gasteiger partial charge in [0.1, 0.15) is 5.82 Å². The summed E-state index contributed by atoms with van der Waals surface area (Å²) in [6, 6.07) is 12.6.